The van der Waals surface area contributed by atoms with E-state index >= 15 is 0 Å². The van der Waals surface area contributed by atoms with Gasteiger partial charge < -0.3 is 19.6 Å². The maximum absolute atomic E-state index is 11.5. The number of nitrogen functional groups attached to an aromatic ring is 1. The van der Waals surface area contributed by atoms with Gasteiger partial charge in [-0.25, -0.2) is 4.98 Å². The van der Waals surface area contributed by atoms with Crippen LogP contribution in [0.1, 0.15) is 19.5 Å². The van der Waals surface area contributed by atoms with Gasteiger partial charge in [0, 0.05) is 43.1 Å². The summed E-state index contributed by atoms with van der Waals surface area (Å²) in [5, 5.41) is 11.5. The number of nitrogens with two attached hydrogens (primary N) is 1. The number of hydrogen-bond donors (Lipinski definition) is 1. The Balaban J connectivity index is 1.83. The molecule has 1 aliphatic rings. The second-order valence-electron chi connectivity index (χ2n) is 7.69. The van der Waals surface area contributed by atoms with Gasteiger partial charge in [-0.2, -0.15) is 0 Å². The lowest BCUT2D eigenvalue weighted by Gasteiger charge is -2.35. The number of benzene rings is 1. The van der Waals surface area contributed by atoms with Crippen LogP contribution in [-0.2, 0) is 11.3 Å². The highest BCUT2D eigenvalue weighted by atomic mass is 16.6. The van der Waals surface area contributed by atoms with Crippen molar-refractivity contribution in [3.05, 3.63) is 52.3 Å². The van der Waals surface area contributed by atoms with Gasteiger partial charge in [-0.1, -0.05) is 0 Å². The van der Waals surface area contributed by atoms with Crippen molar-refractivity contribution in [3.63, 3.8) is 0 Å². The molecule has 1 aromatic carbocycles. The second-order valence-corrected chi connectivity index (χ2v) is 7.69. The summed E-state index contributed by atoms with van der Waals surface area (Å²) < 4.78 is 13.0. The van der Waals surface area contributed by atoms with Crippen LogP contribution in [0, 0.1) is 10.1 Å². The highest BCUT2D eigenvalue weighted by Gasteiger charge is 2.26. The van der Waals surface area contributed by atoms with Crippen LogP contribution in [0.3, 0.4) is 0 Å². The Labute approximate surface area is 174 Å². The molecule has 0 aliphatic carbocycles. The SMILES string of the molecule is COc1ccc(-c2nc3ccc(N)cn3c2CN2CC(C)OC(C)C2)cc1[N+](=O)[O-]. The number of methoxy groups -OCH3 is 1. The molecule has 30 heavy (non-hydrogen) atoms. The van der Waals surface area contributed by atoms with Crippen molar-refractivity contribution in [2.45, 2.75) is 32.6 Å². The van der Waals surface area contributed by atoms with E-state index in [9.17, 15) is 10.1 Å². The smallest absolute Gasteiger partial charge is 0.311 e. The molecule has 9 nitrogen and oxygen atoms in total. The molecular weight excluding hydrogens is 386 g/mol. The summed E-state index contributed by atoms with van der Waals surface area (Å²) in [4.78, 5) is 18.2. The van der Waals surface area contributed by atoms with Gasteiger partial charge in [0.25, 0.3) is 0 Å². The zero-order valence-corrected chi connectivity index (χ0v) is 17.2. The minimum absolute atomic E-state index is 0.0915. The lowest BCUT2D eigenvalue weighted by molar-refractivity contribution is -0.385. The first-order valence-corrected chi connectivity index (χ1v) is 9.82. The average Bonchev–Trinajstić information content (AvgIpc) is 3.04. The van der Waals surface area contributed by atoms with Gasteiger partial charge >= 0.3 is 5.69 Å². The van der Waals surface area contributed by atoms with Gasteiger partial charge in [-0.15, -0.1) is 0 Å². The van der Waals surface area contributed by atoms with Crippen LogP contribution in [0.15, 0.2) is 36.5 Å². The number of hydrogen-bond acceptors (Lipinski definition) is 7. The van der Waals surface area contributed by atoms with Crippen molar-refractivity contribution >= 4 is 17.0 Å². The number of aromatic nitrogens is 2. The molecule has 1 saturated heterocycles. The molecule has 4 rings (SSSR count). The summed E-state index contributed by atoms with van der Waals surface area (Å²) in [6.07, 6.45) is 2.10. The van der Waals surface area contributed by atoms with Crippen LogP contribution in [0.25, 0.3) is 16.9 Å². The monoisotopic (exact) mass is 411 g/mol. The molecule has 0 radical (unpaired) electrons. The third kappa shape index (κ3) is 3.81. The van der Waals surface area contributed by atoms with Crippen molar-refractivity contribution in [1.29, 1.82) is 0 Å². The fraction of sp³-hybridized carbons (Fsp3) is 0.381. The first-order valence-electron chi connectivity index (χ1n) is 9.82. The summed E-state index contributed by atoms with van der Waals surface area (Å²) in [6.45, 7) is 6.33. The fourth-order valence-corrected chi connectivity index (χ4v) is 4.10. The minimum atomic E-state index is -0.443. The summed E-state index contributed by atoms with van der Waals surface area (Å²) in [7, 11) is 1.42. The summed E-state index contributed by atoms with van der Waals surface area (Å²) in [5.41, 5.74) is 9.58. The summed E-state index contributed by atoms with van der Waals surface area (Å²) in [6, 6.07) is 8.56. The Kier molecular flexibility index (Phi) is 5.31. The number of nitrogens with zero attached hydrogens (tertiary/aromatic N) is 4. The fourth-order valence-electron chi connectivity index (χ4n) is 4.10. The standard InChI is InChI=1S/C21H25N5O4/c1-13-9-24(10-14(2)30-13)12-18-21(23-20-7-5-16(22)11-25(18)20)15-4-6-19(29-3)17(8-15)26(27)28/h4-8,11,13-14H,9-10,12,22H2,1-3H3. The summed E-state index contributed by atoms with van der Waals surface area (Å²) >= 11 is 0. The second kappa shape index (κ2) is 7.92. The third-order valence-corrected chi connectivity index (χ3v) is 5.26. The van der Waals surface area contributed by atoms with Gasteiger partial charge in [0.1, 0.15) is 5.65 Å². The molecule has 158 valence electrons. The quantitative estimate of drug-likeness (QED) is 0.507. The lowest BCUT2D eigenvalue weighted by atomic mass is 10.1. The molecule has 2 N–H and O–H groups in total. The van der Waals surface area contributed by atoms with Crippen molar-refractivity contribution in [3.8, 4) is 17.0 Å². The van der Waals surface area contributed by atoms with Crippen LogP contribution in [0.4, 0.5) is 11.4 Å². The Hall–Kier alpha value is -3.17. The van der Waals surface area contributed by atoms with E-state index in [1.165, 1.54) is 13.2 Å². The maximum Gasteiger partial charge on any atom is 0.311 e. The molecule has 0 amide bonds. The number of imidazole rings is 1. The number of morpholine rings is 1. The topological polar surface area (TPSA) is 108 Å². The number of anilines is 1. The molecule has 3 heterocycles. The Morgan fingerprint density at radius 2 is 2.00 bits per heavy atom. The van der Waals surface area contributed by atoms with Crippen molar-refractivity contribution in [1.82, 2.24) is 14.3 Å². The van der Waals surface area contributed by atoms with Gasteiger partial charge in [-0.3, -0.25) is 15.0 Å². The van der Waals surface area contributed by atoms with Gasteiger partial charge in [0.05, 0.1) is 35.6 Å². The van der Waals surface area contributed by atoms with E-state index in [0.717, 1.165) is 24.4 Å². The average molecular weight is 411 g/mol. The van der Waals surface area contributed by atoms with E-state index < -0.39 is 4.92 Å². The highest BCUT2D eigenvalue weighted by molar-refractivity contribution is 5.71. The van der Waals surface area contributed by atoms with Crippen LogP contribution >= 0.6 is 0 Å². The number of nitro benzene ring substituents is 1. The molecular formula is C21H25N5O4. The van der Waals surface area contributed by atoms with E-state index in [-0.39, 0.29) is 23.6 Å². The minimum Gasteiger partial charge on any atom is -0.490 e. The van der Waals surface area contributed by atoms with Gasteiger partial charge in [-0.05, 0) is 38.1 Å². The number of pyridine rings is 1. The number of ether oxygens (including phenoxy) is 2. The van der Waals surface area contributed by atoms with E-state index in [0.29, 0.717) is 23.5 Å². The van der Waals surface area contributed by atoms with E-state index in [4.69, 9.17) is 20.2 Å². The molecule has 0 saturated carbocycles. The molecule has 0 spiro atoms. The van der Waals surface area contributed by atoms with Crippen LogP contribution in [0.5, 0.6) is 5.75 Å². The Morgan fingerprint density at radius 3 is 2.67 bits per heavy atom. The predicted octanol–water partition coefficient (Wildman–Crippen LogP) is 3.11. The van der Waals surface area contributed by atoms with Crippen molar-refractivity contribution in [2.24, 2.45) is 0 Å². The lowest BCUT2D eigenvalue weighted by Crippen LogP contribution is -2.45. The van der Waals surface area contributed by atoms with E-state index in [2.05, 4.69) is 18.7 Å². The largest absolute Gasteiger partial charge is 0.490 e. The molecule has 9 heteroatoms. The van der Waals surface area contributed by atoms with Crippen LogP contribution in [0.2, 0.25) is 0 Å². The Morgan fingerprint density at radius 1 is 1.27 bits per heavy atom. The summed E-state index contributed by atoms with van der Waals surface area (Å²) in [5.74, 6) is 0.217. The Bertz CT molecular complexity index is 1090. The van der Waals surface area contributed by atoms with E-state index in [1.807, 2.05) is 16.7 Å². The molecule has 2 aromatic heterocycles. The van der Waals surface area contributed by atoms with Crippen LogP contribution in [-0.4, -0.2) is 51.6 Å². The molecule has 2 atom stereocenters. The van der Waals surface area contributed by atoms with E-state index in [1.54, 1.807) is 18.2 Å². The molecule has 3 aromatic rings. The molecule has 1 fully saturated rings. The first-order chi connectivity index (χ1) is 14.4. The number of nitro groups is 1. The maximum atomic E-state index is 11.5. The van der Waals surface area contributed by atoms with Crippen molar-refractivity contribution in [2.75, 3.05) is 25.9 Å². The molecule has 2 unspecified atom stereocenters. The predicted molar refractivity (Wildman–Crippen MR) is 114 cm³/mol. The highest BCUT2D eigenvalue weighted by Crippen LogP contribution is 2.34. The number of fused-ring (bicyclic) bond motifs is 1. The third-order valence-electron chi connectivity index (χ3n) is 5.26. The van der Waals surface area contributed by atoms with Crippen LogP contribution < -0.4 is 10.5 Å². The normalized spacial score (nSPS) is 19.8. The number of rotatable bonds is 5. The molecule has 0 bridgehead atoms. The van der Waals surface area contributed by atoms with Gasteiger partial charge in [0.2, 0.25) is 0 Å². The first kappa shape index (κ1) is 20.1. The van der Waals surface area contributed by atoms with Crippen molar-refractivity contribution < 1.29 is 14.4 Å². The van der Waals surface area contributed by atoms with Gasteiger partial charge in [0.15, 0.2) is 5.75 Å². The molecule has 1 aliphatic heterocycles. The zero-order chi connectivity index (χ0) is 21.4. The zero-order valence-electron chi connectivity index (χ0n) is 17.2.